The number of anilines is 2. The van der Waals surface area contributed by atoms with Crippen molar-refractivity contribution in [3.63, 3.8) is 0 Å². The number of benzene rings is 3. The Labute approximate surface area is 172 Å². The molecule has 0 aromatic heterocycles. The molecule has 0 aliphatic rings. The Balaban J connectivity index is 1.52. The first-order valence-electron chi connectivity index (χ1n) is 8.59. The summed E-state index contributed by atoms with van der Waals surface area (Å²) in [7, 11) is 0. The van der Waals surface area contributed by atoms with Gasteiger partial charge in [-0.3, -0.25) is 0 Å². The summed E-state index contributed by atoms with van der Waals surface area (Å²) in [5, 5.41) is 0. The highest BCUT2D eigenvalue weighted by molar-refractivity contribution is 7.95. The van der Waals surface area contributed by atoms with Gasteiger partial charge in [-0.25, -0.2) is 9.59 Å². The Morgan fingerprint density at radius 2 is 1.52 bits per heavy atom. The molecule has 3 aromatic carbocycles. The van der Waals surface area contributed by atoms with Gasteiger partial charge in [0.05, 0.1) is 22.5 Å². The highest BCUT2D eigenvalue weighted by Crippen LogP contribution is 2.25. The van der Waals surface area contributed by atoms with Crippen LogP contribution in [0.4, 0.5) is 11.4 Å². The molecule has 0 saturated carbocycles. The van der Waals surface area contributed by atoms with E-state index < -0.39 is 11.9 Å². The molecule has 3 rings (SSSR count). The number of nitrogen functional groups attached to an aromatic ring is 2. The van der Waals surface area contributed by atoms with Crippen LogP contribution in [0.3, 0.4) is 0 Å². The van der Waals surface area contributed by atoms with Gasteiger partial charge in [-0.2, -0.15) is 0 Å². The van der Waals surface area contributed by atoms with Gasteiger partial charge >= 0.3 is 11.9 Å². The van der Waals surface area contributed by atoms with Gasteiger partial charge in [0.15, 0.2) is 0 Å². The van der Waals surface area contributed by atoms with Crippen LogP contribution in [0.5, 0.6) is 5.75 Å². The SMILES string of the molecule is Nc1cc(N)cc(SOC(=O)/C=C/c2ccc(OC(=O)c3ccccc3)cc2)c1. The summed E-state index contributed by atoms with van der Waals surface area (Å²) in [4.78, 5) is 24.5. The third-order valence-electron chi connectivity index (χ3n) is 3.68. The Morgan fingerprint density at radius 1 is 0.862 bits per heavy atom. The minimum Gasteiger partial charge on any atom is -0.423 e. The van der Waals surface area contributed by atoms with Crippen LogP contribution in [0.2, 0.25) is 0 Å². The standard InChI is InChI=1S/C22H18N2O4S/c23-17-12-18(24)14-20(13-17)29-28-21(25)11-8-15-6-9-19(10-7-15)27-22(26)16-4-2-1-3-5-16/h1-14H,23-24H2/b11-8+. The minimum atomic E-state index is -0.532. The average molecular weight is 406 g/mol. The fraction of sp³-hybridized carbons (Fsp3) is 0. The maximum absolute atomic E-state index is 12.0. The zero-order chi connectivity index (χ0) is 20.6. The molecule has 29 heavy (non-hydrogen) atoms. The van der Waals surface area contributed by atoms with Gasteiger partial charge in [0, 0.05) is 17.5 Å². The van der Waals surface area contributed by atoms with Gasteiger partial charge in [-0.15, -0.1) is 0 Å². The van der Waals surface area contributed by atoms with Crippen LogP contribution in [-0.2, 0) is 8.98 Å². The lowest BCUT2D eigenvalue weighted by Crippen LogP contribution is -2.07. The minimum absolute atomic E-state index is 0.411. The molecular formula is C22H18N2O4S. The Kier molecular flexibility index (Phi) is 6.55. The zero-order valence-electron chi connectivity index (χ0n) is 15.3. The summed E-state index contributed by atoms with van der Waals surface area (Å²) < 4.78 is 10.4. The second-order valence-electron chi connectivity index (χ2n) is 5.98. The molecule has 0 heterocycles. The lowest BCUT2D eigenvalue weighted by Gasteiger charge is -2.04. The number of rotatable bonds is 6. The molecule has 4 N–H and O–H groups in total. The number of esters is 1. The monoisotopic (exact) mass is 406 g/mol. The van der Waals surface area contributed by atoms with Crippen molar-refractivity contribution in [3.8, 4) is 5.75 Å². The Morgan fingerprint density at radius 3 is 2.17 bits per heavy atom. The summed E-state index contributed by atoms with van der Waals surface area (Å²) in [5.74, 6) is -0.555. The first kappa shape index (κ1) is 20.0. The topological polar surface area (TPSA) is 105 Å². The number of carbonyl (C=O) groups is 2. The molecule has 0 amide bonds. The van der Waals surface area contributed by atoms with Gasteiger partial charge in [0.1, 0.15) is 5.75 Å². The molecule has 146 valence electrons. The average Bonchev–Trinajstić information content (AvgIpc) is 2.71. The maximum atomic E-state index is 12.0. The maximum Gasteiger partial charge on any atom is 0.343 e. The Bertz CT molecular complexity index is 1010. The molecule has 0 unspecified atom stereocenters. The second kappa shape index (κ2) is 9.48. The molecule has 0 fully saturated rings. The summed E-state index contributed by atoms with van der Waals surface area (Å²) in [6, 6.07) is 20.4. The van der Waals surface area contributed by atoms with Gasteiger partial charge in [0.2, 0.25) is 0 Å². The number of ether oxygens (including phenoxy) is 1. The van der Waals surface area contributed by atoms with E-state index in [4.69, 9.17) is 20.4 Å². The summed E-state index contributed by atoms with van der Waals surface area (Å²) in [5.41, 5.74) is 13.6. The molecule has 0 aliphatic heterocycles. The van der Waals surface area contributed by atoms with E-state index in [0.29, 0.717) is 27.6 Å². The quantitative estimate of drug-likeness (QED) is 0.206. The van der Waals surface area contributed by atoms with E-state index in [2.05, 4.69) is 0 Å². The predicted octanol–water partition coefficient (Wildman–Crippen LogP) is 4.33. The van der Waals surface area contributed by atoms with E-state index in [1.54, 1.807) is 72.8 Å². The Hall–Kier alpha value is -3.71. The predicted molar refractivity (Wildman–Crippen MR) is 114 cm³/mol. The van der Waals surface area contributed by atoms with Gasteiger partial charge < -0.3 is 20.4 Å². The third kappa shape index (κ3) is 6.15. The van der Waals surface area contributed by atoms with Gasteiger partial charge in [0.25, 0.3) is 0 Å². The fourth-order valence-corrected chi connectivity index (χ4v) is 2.96. The first-order valence-corrected chi connectivity index (χ1v) is 9.34. The smallest absolute Gasteiger partial charge is 0.343 e. The molecule has 0 aliphatic carbocycles. The molecule has 0 bridgehead atoms. The second-order valence-corrected chi connectivity index (χ2v) is 6.78. The van der Waals surface area contributed by atoms with Crippen LogP contribution in [0, 0.1) is 0 Å². The fourth-order valence-electron chi connectivity index (χ4n) is 2.36. The van der Waals surface area contributed by atoms with Crippen LogP contribution in [-0.4, -0.2) is 11.9 Å². The first-order chi connectivity index (χ1) is 14.0. The highest BCUT2D eigenvalue weighted by Gasteiger charge is 2.07. The van der Waals surface area contributed by atoms with Crippen LogP contribution in [0.1, 0.15) is 15.9 Å². The van der Waals surface area contributed by atoms with E-state index in [-0.39, 0.29) is 0 Å². The molecule has 0 radical (unpaired) electrons. The molecule has 3 aromatic rings. The van der Waals surface area contributed by atoms with Crippen LogP contribution in [0.25, 0.3) is 6.08 Å². The summed E-state index contributed by atoms with van der Waals surface area (Å²) in [6.07, 6.45) is 2.90. The van der Waals surface area contributed by atoms with Crippen molar-refractivity contribution in [1.29, 1.82) is 0 Å². The molecule has 0 saturated heterocycles. The van der Waals surface area contributed by atoms with Gasteiger partial charge in [-0.05, 0) is 54.1 Å². The normalized spacial score (nSPS) is 10.6. The van der Waals surface area contributed by atoms with E-state index in [0.717, 1.165) is 17.6 Å². The van der Waals surface area contributed by atoms with Crippen molar-refractivity contribution in [2.45, 2.75) is 4.90 Å². The molecule has 0 spiro atoms. The van der Waals surface area contributed by atoms with Crippen molar-refractivity contribution in [2.24, 2.45) is 0 Å². The largest absolute Gasteiger partial charge is 0.423 e. The summed E-state index contributed by atoms with van der Waals surface area (Å²) >= 11 is 0.881. The van der Waals surface area contributed by atoms with E-state index >= 15 is 0 Å². The van der Waals surface area contributed by atoms with Crippen LogP contribution >= 0.6 is 12.0 Å². The van der Waals surface area contributed by atoms with Crippen molar-refractivity contribution in [1.82, 2.24) is 0 Å². The molecule has 6 nitrogen and oxygen atoms in total. The third-order valence-corrected chi connectivity index (χ3v) is 4.36. The molecule has 0 atom stereocenters. The number of carbonyl (C=O) groups excluding carboxylic acids is 2. The molecule has 7 heteroatoms. The van der Waals surface area contributed by atoms with Crippen molar-refractivity contribution in [3.05, 3.63) is 90.0 Å². The molecular weight excluding hydrogens is 388 g/mol. The van der Waals surface area contributed by atoms with Crippen LogP contribution in [0.15, 0.2) is 83.8 Å². The van der Waals surface area contributed by atoms with Crippen LogP contribution < -0.4 is 16.2 Å². The number of hydrogen-bond acceptors (Lipinski definition) is 7. The van der Waals surface area contributed by atoms with E-state index in [9.17, 15) is 9.59 Å². The lowest BCUT2D eigenvalue weighted by molar-refractivity contribution is -0.127. The summed E-state index contributed by atoms with van der Waals surface area (Å²) in [6.45, 7) is 0. The van der Waals surface area contributed by atoms with E-state index in [1.165, 1.54) is 6.08 Å². The van der Waals surface area contributed by atoms with Crippen molar-refractivity contribution >= 4 is 41.4 Å². The van der Waals surface area contributed by atoms with Crippen molar-refractivity contribution in [2.75, 3.05) is 11.5 Å². The zero-order valence-corrected chi connectivity index (χ0v) is 16.1. The van der Waals surface area contributed by atoms with Gasteiger partial charge in [-0.1, -0.05) is 30.3 Å². The van der Waals surface area contributed by atoms with E-state index in [1.807, 2.05) is 6.07 Å². The number of nitrogens with two attached hydrogens (primary N) is 2. The number of hydrogen-bond donors (Lipinski definition) is 2. The highest BCUT2D eigenvalue weighted by atomic mass is 32.2. The van der Waals surface area contributed by atoms with Crippen molar-refractivity contribution < 1.29 is 18.5 Å². The lowest BCUT2D eigenvalue weighted by atomic mass is 10.2.